The van der Waals surface area contributed by atoms with E-state index in [-0.39, 0.29) is 10.3 Å². The third-order valence-corrected chi connectivity index (χ3v) is 5.71. The first-order valence-corrected chi connectivity index (χ1v) is 9.27. The zero-order chi connectivity index (χ0) is 16.5. The Kier molecular flexibility index (Phi) is 4.68. The van der Waals surface area contributed by atoms with Gasteiger partial charge in [-0.15, -0.1) is 0 Å². The maximum atomic E-state index is 12.4. The van der Waals surface area contributed by atoms with Crippen LogP contribution < -0.4 is 4.72 Å². The summed E-state index contributed by atoms with van der Waals surface area (Å²) in [4.78, 5) is 0.257. The molecule has 22 heavy (non-hydrogen) atoms. The number of sulfonamides is 1. The molecule has 0 unspecified atom stereocenters. The van der Waals surface area contributed by atoms with Crippen LogP contribution in [0.4, 0.5) is 5.69 Å². The molecule has 0 atom stereocenters. The van der Waals surface area contributed by atoms with Gasteiger partial charge in [0.05, 0.1) is 4.90 Å². The summed E-state index contributed by atoms with van der Waals surface area (Å²) in [6, 6.07) is 12.5. The van der Waals surface area contributed by atoms with Crippen molar-refractivity contribution in [1.29, 1.82) is 0 Å². The van der Waals surface area contributed by atoms with Crippen molar-refractivity contribution in [2.24, 2.45) is 0 Å². The summed E-state index contributed by atoms with van der Waals surface area (Å²) in [5.74, 6) is 0. The summed E-state index contributed by atoms with van der Waals surface area (Å²) in [5.41, 5.74) is 2.65. The lowest BCUT2D eigenvalue weighted by Crippen LogP contribution is -2.14. The monoisotopic (exact) mass is 381 g/mol. The van der Waals surface area contributed by atoms with Gasteiger partial charge in [0.1, 0.15) is 0 Å². The van der Waals surface area contributed by atoms with Gasteiger partial charge in [0.15, 0.2) is 0 Å². The largest absolute Gasteiger partial charge is 0.280 e. The van der Waals surface area contributed by atoms with Gasteiger partial charge in [0.2, 0.25) is 0 Å². The lowest BCUT2D eigenvalue weighted by atomic mass is 9.87. The molecule has 0 saturated carbocycles. The van der Waals surface area contributed by atoms with E-state index in [1.54, 1.807) is 30.3 Å². The van der Waals surface area contributed by atoms with Gasteiger partial charge in [0, 0.05) is 10.2 Å². The Hall–Kier alpha value is -1.33. The predicted molar refractivity (Wildman–Crippen MR) is 94.8 cm³/mol. The van der Waals surface area contributed by atoms with Crippen molar-refractivity contribution in [1.82, 2.24) is 0 Å². The van der Waals surface area contributed by atoms with Crippen molar-refractivity contribution in [2.75, 3.05) is 4.72 Å². The third kappa shape index (κ3) is 3.90. The van der Waals surface area contributed by atoms with E-state index in [1.165, 1.54) is 0 Å². The van der Waals surface area contributed by atoms with Crippen LogP contribution in [0, 0.1) is 6.92 Å². The number of anilines is 1. The van der Waals surface area contributed by atoms with E-state index in [9.17, 15) is 8.42 Å². The minimum absolute atomic E-state index is 0.0419. The highest BCUT2D eigenvalue weighted by molar-refractivity contribution is 9.10. The van der Waals surface area contributed by atoms with Crippen molar-refractivity contribution in [3.05, 3.63) is 58.1 Å². The van der Waals surface area contributed by atoms with Gasteiger partial charge < -0.3 is 0 Å². The van der Waals surface area contributed by atoms with E-state index in [1.807, 2.05) is 19.1 Å². The highest BCUT2D eigenvalue weighted by Gasteiger charge is 2.16. The molecule has 2 aromatic rings. The standard InChI is InChI=1S/C17H20BrNO2S/c1-12-11-15(9-10-16(12)18)22(20,21)19-14-7-5-13(6-8-14)17(2,3)4/h5-11,19H,1-4H3. The summed E-state index contributed by atoms with van der Waals surface area (Å²) in [6.07, 6.45) is 0. The van der Waals surface area contributed by atoms with Gasteiger partial charge in [-0.1, -0.05) is 48.8 Å². The normalized spacial score (nSPS) is 12.2. The molecular formula is C17H20BrNO2S. The molecule has 0 saturated heterocycles. The molecule has 3 nitrogen and oxygen atoms in total. The Bertz CT molecular complexity index is 775. The zero-order valence-corrected chi connectivity index (χ0v) is 15.5. The Balaban J connectivity index is 2.27. The number of halogens is 1. The average Bonchev–Trinajstić information content (AvgIpc) is 2.41. The summed E-state index contributed by atoms with van der Waals surface area (Å²) in [5, 5.41) is 0. The van der Waals surface area contributed by atoms with Crippen LogP contribution in [-0.4, -0.2) is 8.42 Å². The molecule has 0 fully saturated rings. The fourth-order valence-electron chi connectivity index (χ4n) is 2.04. The van der Waals surface area contributed by atoms with Crippen LogP contribution in [0.25, 0.3) is 0 Å². The molecule has 5 heteroatoms. The highest BCUT2D eigenvalue weighted by atomic mass is 79.9. The first kappa shape index (κ1) is 17.0. The third-order valence-electron chi connectivity index (χ3n) is 3.44. The second kappa shape index (κ2) is 6.05. The van der Waals surface area contributed by atoms with E-state index >= 15 is 0 Å². The molecule has 1 N–H and O–H groups in total. The molecule has 0 radical (unpaired) electrons. The lowest BCUT2D eigenvalue weighted by molar-refractivity contribution is 0.590. The molecule has 118 valence electrons. The highest BCUT2D eigenvalue weighted by Crippen LogP contribution is 2.25. The van der Waals surface area contributed by atoms with E-state index < -0.39 is 10.0 Å². The summed E-state index contributed by atoms with van der Waals surface area (Å²) in [7, 11) is -3.57. The van der Waals surface area contributed by atoms with Gasteiger partial charge in [-0.05, 0) is 53.8 Å². The molecule has 0 aliphatic carbocycles. The van der Waals surface area contributed by atoms with Gasteiger partial charge in [-0.2, -0.15) is 0 Å². The Morgan fingerprint density at radius 2 is 1.59 bits per heavy atom. The maximum absolute atomic E-state index is 12.4. The number of benzene rings is 2. The van der Waals surface area contributed by atoms with E-state index in [0.717, 1.165) is 15.6 Å². The Labute approximate surface area is 140 Å². The molecule has 0 spiro atoms. The van der Waals surface area contributed by atoms with Gasteiger partial charge in [0.25, 0.3) is 10.0 Å². The van der Waals surface area contributed by atoms with Crippen LogP contribution in [-0.2, 0) is 15.4 Å². The fourth-order valence-corrected chi connectivity index (χ4v) is 3.43. The van der Waals surface area contributed by atoms with Gasteiger partial charge in [-0.25, -0.2) is 8.42 Å². The number of hydrogen-bond donors (Lipinski definition) is 1. The molecule has 0 bridgehead atoms. The van der Waals surface area contributed by atoms with Crippen LogP contribution >= 0.6 is 15.9 Å². The topological polar surface area (TPSA) is 46.2 Å². The van der Waals surface area contributed by atoms with Crippen LogP contribution in [0.2, 0.25) is 0 Å². The molecule has 0 amide bonds. The minimum atomic E-state index is -3.57. The molecular weight excluding hydrogens is 362 g/mol. The summed E-state index contributed by atoms with van der Waals surface area (Å²) >= 11 is 3.37. The number of rotatable bonds is 3. The van der Waals surface area contributed by atoms with Gasteiger partial charge >= 0.3 is 0 Å². The average molecular weight is 382 g/mol. The van der Waals surface area contributed by atoms with Crippen molar-refractivity contribution >= 4 is 31.6 Å². The predicted octanol–water partition coefficient (Wildman–Crippen LogP) is 4.86. The number of nitrogens with one attached hydrogen (secondary N) is 1. The van der Waals surface area contributed by atoms with Crippen molar-refractivity contribution in [2.45, 2.75) is 38.0 Å². The van der Waals surface area contributed by atoms with E-state index in [2.05, 4.69) is 41.4 Å². The summed E-state index contributed by atoms with van der Waals surface area (Å²) in [6.45, 7) is 8.23. The SMILES string of the molecule is Cc1cc(S(=O)(=O)Nc2ccc(C(C)(C)C)cc2)ccc1Br. The number of hydrogen-bond acceptors (Lipinski definition) is 2. The first-order valence-electron chi connectivity index (χ1n) is 6.99. The van der Waals surface area contributed by atoms with Crippen molar-refractivity contribution < 1.29 is 8.42 Å². The Morgan fingerprint density at radius 3 is 2.09 bits per heavy atom. The second-order valence-electron chi connectivity index (χ2n) is 6.34. The van der Waals surface area contributed by atoms with Crippen LogP contribution in [0.3, 0.4) is 0 Å². The number of aryl methyl sites for hydroxylation is 1. The van der Waals surface area contributed by atoms with Crippen molar-refractivity contribution in [3.63, 3.8) is 0 Å². The second-order valence-corrected chi connectivity index (χ2v) is 8.88. The minimum Gasteiger partial charge on any atom is -0.280 e. The zero-order valence-electron chi connectivity index (χ0n) is 13.1. The van der Waals surface area contributed by atoms with Crippen LogP contribution in [0.5, 0.6) is 0 Å². The smallest absolute Gasteiger partial charge is 0.261 e. The maximum Gasteiger partial charge on any atom is 0.261 e. The van der Waals surface area contributed by atoms with Crippen LogP contribution in [0.1, 0.15) is 31.9 Å². The van der Waals surface area contributed by atoms with Gasteiger partial charge in [-0.3, -0.25) is 4.72 Å². The van der Waals surface area contributed by atoms with E-state index in [4.69, 9.17) is 0 Å². The summed E-state index contributed by atoms with van der Waals surface area (Å²) < 4.78 is 28.3. The first-order chi connectivity index (χ1) is 10.1. The molecule has 2 aromatic carbocycles. The molecule has 0 aliphatic rings. The molecule has 0 aromatic heterocycles. The molecule has 0 aliphatic heterocycles. The molecule has 2 rings (SSSR count). The van der Waals surface area contributed by atoms with Crippen molar-refractivity contribution in [3.8, 4) is 0 Å². The fraction of sp³-hybridized carbons (Fsp3) is 0.294. The Morgan fingerprint density at radius 1 is 1.00 bits per heavy atom. The lowest BCUT2D eigenvalue weighted by Gasteiger charge is -2.19. The van der Waals surface area contributed by atoms with E-state index in [0.29, 0.717) is 5.69 Å². The van der Waals surface area contributed by atoms with Crippen LogP contribution in [0.15, 0.2) is 51.8 Å². The quantitative estimate of drug-likeness (QED) is 0.825. The molecule has 0 heterocycles.